The predicted molar refractivity (Wildman–Crippen MR) is 114 cm³/mol. The average Bonchev–Trinajstić information content (AvgIpc) is 3.14. The summed E-state index contributed by atoms with van der Waals surface area (Å²) in [6.07, 6.45) is 0. The van der Waals surface area contributed by atoms with Gasteiger partial charge in [-0.05, 0) is 23.1 Å². The van der Waals surface area contributed by atoms with Crippen LogP contribution in [0.4, 0.5) is 9.52 Å². The Labute approximate surface area is 173 Å². The van der Waals surface area contributed by atoms with Crippen LogP contribution in [-0.2, 0) is 10.2 Å². The lowest BCUT2D eigenvalue weighted by molar-refractivity contribution is -0.115. The number of halogens is 1. The standard InChI is InChI=1S/C22H22FN3O2S/c1-22(2,3)15-10-8-14(9-11-15)18-13-29-21(25-18)26-19(27)12-24-20(28)16-6-4-5-7-17(16)23/h4-11,13H,12H2,1-3H3,(H,24,28)(H,25,26,27). The van der Waals surface area contributed by atoms with Crippen LogP contribution in [0.2, 0.25) is 0 Å². The monoisotopic (exact) mass is 411 g/mol. The molecule has 2 amide bonds. The van der Waals surface area contributed by atoms with Crippen LogP contribution in [0.15, 0.2) is 53.9 Å². The van der Waals surface area contributed by atoms with Crippen molar-refractivity contribution in [2.24, 2.45) is 0 Å². The molecule has 150 valence electrons. The van der Waals surface area contributed by atoms with E-state index in [1.807, 2.05) is 17.5 Å². The van der Waals surface area contributed by atoms with Gasteiger partial charge in [-0.25, -0.2) is 9.37 Å². The van der Waals surface area contributed by atoms with Gasteiger partial charge in [-0.2, -0.15) is 0 Å². The van der Waals surface area contributed by atoms with Crippen LogP contribution in [0.1, 0.15) is 36.7 Å². The Morgan fingerprint density at radius 1 is 1.07 bits per heavy atom. The van der Waals surface area contributed by atoms with Gasteiger partial charge in [0.05, 0.1) is 17.8 Å². The number of nitrogens with zero attached hydrogens (tertiary/aromatic N) is 1. The van der Waals surface area contributed by atoms with Gasteiger partial charge >= 0.3 is 0 Å². The number of hydrogen-bond donors (Lipinski definition) is 2. The number of rotatable bonds is 5. The van der Waals surface area contributed by atoms with E-state index in [1.54, 1.807) is 6.07 Å². The van der Waals surface area contributed by atoms with Crippen molar-refractivity contribution in [1.82, 2.24) is 10.3 Å². The third-order valence-electron chi connectivity index (χ3n) is 4.33. The van der Waals surface area contributed by atoms with Crippen molar-refractivity contribution in [3.8, 4) is 11.3 Å². The number of anilines is 1. The molecule has 0 spiro atoms. The van der Waals surface area contributed by atoms with E-state index in [9.17, 15) is 14.0 Å². The van der Waals surface area contributed by atoms with Crippen LogP contribution in [0.3, 0.4) is 0 Å². The number of nitrogens with one attached hydrogen (secondary N) is 2. The fourth-order valence-corrected chi connectivity index (χ4v) is 3.41. The second-order valence-electron chi connectivity index (χ2n) is 7.58. The van der Waals surface area contributed by atoms with Crippen molar-refractivity contribution in [2.75, 3.05) is 11.9 Å². The molecule has 0 aliphatic carbocycles. The van der Waals surface area contributed by atoms with E-state index in [-0.39, 0.29) is 17.5 Å². The summed E-state index contributed by atoms with van der Waals surface area (Å²) in [5.74, 6) is -1.71. The lowest BCUT2D eigenvalue weighted by Gasteiger charge is -2.18. The number of aromatic nitrogens is 1. The van der Waals surface area contributed by atoms with E-state index in [4.69, 9.17) is 0 Å². The van der Waals surface area contributed by atoms with Gasteiger partial charge in [-0.3, -0.25) is 9.59 Å². The van der Waals surface area contributed by atoms with Gasteiger partial charge < -0.3 is 10.6 Å². The number of hydrogen-bond acceptors (Lipinski definition) is 4. The van der Waals surface area contributed by atoms with Crippen molar-refractivity contribution >= 4 is 28.3 Å². The minimum Gasteiger partial charge on any atom is -0.343 e. The maximum atomic E-state index is 13.6. The van der Waals surface area contributed by atoms with Gasteiger partial charge in [0.15, 0.2) is 5.13 Å². The van der Waals surface area contributed by atoms with Gasteiger partial charge in [-0.1, -0.05) is 57.2 Å². The highest BCUT2D eigenvalue weighted by Gasteiger charge is 2.15. The summed E-state index contributed by atoms with van der Waals surface area (Å²) in [5.41, 5.74) is 2.93. The third kappa shape index (κ3) is 5.26. The summed E-state index contributed by atoms with van der Waals surface area (Å²) in [7, 11) is 0. The van der Waals surface area contributed by atoms with E-state index in [2.05, 4.69) is 48.5 Å². The molecule has 0 aliphatic heterocycles. The van der Waals surface area contributed by atoms with Gasteiger partial charge in [-0.15, -0.1) is 11.3 Å². The summed E-state index contributed by atoms with van der Waals surface area (Å²) in [6.45, 7) is 6.19. The molecule has 1 aromatic heterocycles. The molecule has 29 heavy (non-hydrogen) atoms. The minimum atomic E-state index is -0.642. The second-order valence-corrected chi connectivity index (χ2v) is 8.43. The van der Waals surface area contributed by atoms with Crippen molar-refractivity contribution in [1.29, 1.82) is 0 Å². The van der Waals surface area contributed by atoms with E-state index >= 15 is 0 Å². The summed E-state index contributed by atoms with van der Waals surface area (Å²) in [5, 5.41) is 7.35. The molecule has 7 heteroatoms. The maximum absolute atomic E-state index is 13.6. The average molecular weight is 412 g/mol. The molecule has 3 rings (SSSR count). The molecule has 0 saturated carbocycles. The quantitative estimate of drug-likeness (QED) is 0.644. The topological polar surface area (TPSA) is 71.1 Å². The Balaban J connectivity index is 1.58. The molecule has 0 saturated heterocycles. The normalized spacial score (nSPS) is 11.2. The second kappa shape index (κ2) is 8.53. The summed E-state index contributed by atoms with van der Waals surface area (Å²) in [4.78, 5) is 28.5. The van der Waals surface area contributed by atoms with Crippen LogP contribution in [0.25, 0.3) is 11.3 Å². The minimum absolute atomic E-state index is 0.0762. The Kier molecular flexibility index (Phi) is 6.08. The highest BCUT2D eigenvalue weighted by atomic mass is 32.1. The van der Waals surface area contributed by atoms with Gasteiger partial charge in [0, 0.05) is 10.9 Å². The molecule has 2 N–H and O–H groups in total. The molecule has 1 heterocycles. The lowest BCUT2D eigenvalue weighted by atomic mass is 9.86. The SMILES string of the molecule is CC(C)(C)c1ccc(-c2csc(NC(=O)CNC(=O)c3ccccc3F)n2)cc1. The van der Waals surface area contributed by atoms with E-state index in [1.165, 1.54) is 35.1 Å². The fourth-order valence-electron chi connectivity index (χ4n) is 2.67. The predicted octanol–water partition coefficient (Wildman–Crippen LogP) is 4.62. The van der Waals surface area contributed by atoms with E-state index < -0.39 is 17.6 Å². The Hall–Kier alpha value is -3.06. The van der Waals surface area contributed by atoms with Gasteiger partial charge in [0.1, 0.15) is 5.82 Å². The zero-order valence-electron chi connectivity index (χ0n) is 16.5. The van der Waals surface area contributed by atoms with Crippen molar-refractivity contribution in [2.45, 2.75) is 26.2 Å². The molecule has 3 aromatic rings. The molecular formula is C22H22FN3O2S. The first-order valence-electron chi connectivity index (χ1n) is 9.13. The number of carbonyl (C=O) groups excluding carboxylic acids is 2. The van der Waals surface area contributed by atoms with Crippen molar-refractivity contribution in [3.05, 3.63) is 70.9 Å². The summed E-state index contributed by atoms with van der Waals surface area (Å²) in [6, 6.07) is 13.8. The fraction of sp³-hybridized carbons (Fsp3) is 0.227. The number of benzene rings is 2. The van der Waals surface area contributed by atoms with Crippen LogP contribution < -0.4 is 10.6 Å². The first-order chi connectivity index (χ1) is 13.7. The van der Waals surface area contributed by atoms with E-state index in [0.717, 1.165) is 11.3 Å². The van der Waals surface area contributed by atoms with Gasteiger partial charge in [0.2, 0.25) is 5.91 Å². The summed E-state index contributed by atoms with van der Waals surface area (Å²) >= 11 is 1.30. The third-order valence-corrected chi connectivity index (χ3v) is 5.08. The van der Waals surface area contributed by atoms with Crippen LogP contribution in [0, 0.1) is 5.82 Å². The van der Waals surface area contributed by atoms with E-state index in [0.29, 0.717) is 5.13 Å². The van der Waals surface area contributed by atoms with Crippen molar-refractivity contribution < 1.29 is 14.0 Å². The largest absolute Gasteiger partial charge is 0.343 e. The summed E-state index contributed by atoms with van der Waals surface area (Å²) < 4.78 is 13.6. The zero-order valence-corrected chi connectivity index (χ0v) is 17.3. The highest BCUT2D eigenvalue weighted by Crippen LogP contribution is 2.28. The first kappa shape index (κ1) is 20.7. The zero-order chi connectivity index (χ0) is 21.0. The molecule has 0 aliphatic rings. The number of carbonyl (C=O) groups is 2. The maximum Gasteiger partial charge on any atom is 0.254 e. The molecule has 0 unspecified atom stereocenters. The Bertz CT molecular complexity index is 1020. The lowest BCUT2D eigenvalue weighted by Crippen LogP contribution is -2.33. The van der Waals surface area contributed by atoms with Crippen LogP contribution in [-0.4, -0.2) is 23.3 Å². The van der Waals surface area contributed by atoms with Gasteiger partial charge in [0.25, 0.3) is 5.91 Å². The molecule has 2 aromatic carbocycles. The molecule has 5 nitrogen and oxygen atoms in total. The molecule has 0 fully saturated rings. The smallest absolute Gasteiger partial charge is 0.254 e. The molecule has 0 atom stereocenters. The molecular weight excluding hydrogens is 389 g/mol. The number of amides is 2. The Morgan fingerprint density at radius 2 is 1.76 bits per heavy atom. The van der Waals surface area contributed by atoms with Crippen LogP contribution in [0.5, 0.6) is 0 Å². The highest BCUT2D eigenvalue weighted by molar-refractivity contribution is 7.14. The first-order valence-corrected chi connectivity index (χ1v) is 10.0. The number of thiazole rings is 1. The Morgan fingerprint density at radius 3 is 2.41 bits per heavy atom. The van der Waals surface area contributed by atoms with Crippen molar-refractivity contribution in [3.63, 3.8) is 0 Å². The molecule has 0 bridgehead atoms. The molecule has 0 radical (unpaired) electrons. The van der Waals surface area contributed by atoms with Crippen LogP contribution >= 0.6 is 11.3 Å².